The highest BCUT2D eigenvalue weighted by molar-refractivity contribution is 7.09. The second-order valence-corrected chi connectivity index (χ2v) is 6.31. The molecule has 1 aromatic carbocycles. The molecule has 0 spiro atoms. The number of hydrogen-bond donors (Lipinski definition) is 3. The molecular formula is C17H20F3N5OS. The van der Waals surface area contributed by atoms with Crippen LogP contribution in [0.3, 0.4) is 0 Å². The van der Waals surface area contributed by atoms with Crippen LogP contribution >= 0.6 is 11.3 Å². The zero-order valence-corrected chi connectivity index (χ0v) is 15.5. The Morgan fingerprint density at radius 2 is 1.85 bits per heavy atom. The molecule has 0 bridgehead atoms. The van der Waals surface area contributed by atoms with Gasteiger partial charge < -0.3 is 16.0 Å². The van der Waals surface area contributed by atoms with Crippen molar-refractivity contribution in [1.29, 1.82) is 0 Å². The fourth-order valence-corrected chi connectivity index (χ4v) is 2.77. The minimum Gasteiger partial charge on any atom is -0.357 e. The molecule has 1 amide bonds. The number of carbonyl (C=O) groups excluding carboxylic acids is 1. The van der Waals surface area contributed by atoms with Crippen molar-refractivity contribution in [2.45, 2.75) is 19.6 Å². The molecule has 0 aliphatic heterocycles. The molecule has 1 heterocycles. The quantitative estimate of drug-likeness (QED) is 0.380. The number of halogens is 3. The van der Waals surface area contributed by atoms with Gasteiger partial charge in [-0.15, -0.1) is 11.3 Å². The third-order valence-electron chi connectivity index (χ3n) is 3.30. The van der Waals surface area contributed by atoms with Gasteiger partial charge in [0.2, 0.25) is 0 Å². The summed E-state index contributed by atoms with van der Waals surface area (Å²) in [4.78, 5) is 19.7. The molecule has 2 aromatic rings. The molecule has 146 valence electrons. The maximum atomic E-state index is 12.6. The van der Waals surface area contributed by atoms with E-state index in [0.717, 1.165) is 16.7 Å². The number of carbonyl (C=O) groups is 1. The molecule has 0 aliphatic rings. The smallest absolute Gasteiger partial charge is 0.357 e. The molecule has 10 heteroatoms. The van der Waals surface area contributed by atoms with E-state index >= 15 is 0 Å². The van der Waals surface area contributed by atoms with Crippen LogP contribution in [0, 0.1) is 0 Å². The number of thiazole rings is 1. The van der Waals surface area contributed by atoms with Gasteiger partial charge in [-0.05, 0) is 19.1 Å². The number of aromatic nitrogens is 1. The minimum absolute atomic E-state index is 0.0342. The van der Waals surface area contributed by atoms with Crippen LogP contribution in [0.15, 0.2) is 40.7 Å². The second kappa shape index (κ2) is 9.91. The Bertz CT molecular complexity index is 761. The Kier molecular flexibility index (Phi) is 7.59. The van der Waals surface area contributed by atoms with Crippen molar-refractivity contribution in [3.63, 3.8) is 0 Å². The maximum Gasteiger partial charge on any atom is 0.434 e. The highest BCUT2D eigenvalue weighted by Crippen LogP contribution is 2.30. The number of aliphatic imine (C=N–C) groups is 1. The number of amides is 1. The molecule has 0 fully saturated rings. The predicted molar refractivity (Wildman–Crippen MR) is 98.7 cm³/mol. The first kappa shape index (κ1) is 20.7. The molecule has 27 heavy (non-hydrogen) atoms. The molecule has 0 saturated heterocycles. The number of benzene rings is 1. The standard InChI is InChI=1S/C17H20F3N5OS/c1-2-21-16(24-10-14-25-13(11-27-14)17(18,19)20)23-9-8-22-15(26)12-6-4-3-5-7-12/h3-7,11H,2,8-10H2,1H3,(H,22,26)(H2,21,23,24). The first-order chi connectivity index (χ1) is 12.9. The lowest BCUT2D eigenvalue weighted by molar-refractivity contribution is -0.140. The van der Waals surface area contributed by atoms with E-state index in [1.54, 1.807) is 24.3 Å². The number of alkyl halides is 3. The van der Waals surface area contributed by atoms with Crippen LogP contribution in [-0.4, -0.2) is 36.5 Å². The van der Waals surface area contributed by atoms with E-state index in [4.69, 9.17) is 0 Å². The molecule has 6 nitrogen and oxygen atoms in total. The third-order valence-corrected chi connectivity index (χ3v) is 4.13. The van der Waals surface area contributed by atoms with Gasteiger partial charge in [-0.3, -0.25) is 4.79 Å². The molecule has 0 saturated carbocycles. The van der Waals surface area contributed by atoms with Crippen LogP contribution in [0.5, 0.6) is 0 Å². The molecule has 3 N–H and O–H groups in total. The monoisotopic (exact) mass is 399 g/mol. The van der Waals surface area contributed by atoms with Crippen molar-refractivity contribution < 1.29 is 18.0 Å². The Morgan fingerprint density at radius 1 is 1.15 bits per heavy atom. The van der Waals surface area contributed by atoms with Gasteiger partial charge in [-0.25, -0.2) is 9.98 Å². The SMILES string of the molecule is CCNC(=NCc1nc(C(F)(F)F)cs1)NCCNC(=O)c1ccccc1. The summed E-state index contributed by atoms with van der Waals surface area (Å²) in [5.74, 6) is 0.261. The number of rotatable bonds is 7. The summed E-state index contributed by atoms with van der Waals surface area (Å²) in [5.41, 5.74) is -0.332. The topological polar surface area (TPSA) is 78.4 Å². The van der Waals surface area contributed by atoms with Gasteiger partial charge in [0.15, 0.2) is 11.7 Å². The molecule has 0 unspecified atom stereocenters. The van der Waals surface area contributed by atoms with Crippen molar-refractivity contribution >= 4 is 23.2 Å². The second-order valence-electron chi connectivity index (χ2n) is 5.37. The average Bonchev–Trinajstić information content (AvgIpc) is 3.13. The van der Waals surface area contributed by atoms with Gasteiger partial charge >= 0.3 is 6.18 Å². The van der Waals surface area contributed by atoms with E-state index in [9.17, 15) is 18.0 Å². The van der Waals surface area contributed by atoms with E-state index in [1.165, 1.54) is 0 Å². The normalized spacial score (nSPS) is 11.9. The molecule has 0 radical (unpaired) electrons. The summed E-state index contributed by atoms with van der Waals surface area (Å²) >= 11 is 0.916. The van der Waals surface area contributed by atoms with E-state index in [0.29, 0.717) is 31.2 Å². The van der Waals surface area contributed by atoms with Crippen LogP contribution in [0.4, 0.5) is 13.2 Å². The minimum atomic E-state index is -4.45. The lowest BCUT2D eigenvalue weighted by atomic mass is 10.2. The lowest BCUT2D eigenvalue weighted by Crippen LogP contribution is -2.41. The van der Waals surface area contributed by atoms with Crippen molar-refractivity contribution in [2.24, 2.45) is 4.99 Å². The van der Waals surface area contributed by atoms with Crippen molar-refractivity contribution in [2.75, 3.05) is 19.6 Å². The zero-order chi connectivity index (χ0) is 19.7. The first-order valence-corrected chi connectivity index (χ1v) is 9.15. The molecule has 0 aliphatic carbocycles. The fraction of sp³-hybridized carbons (Fsp3) is 0.353. The Hall–Kier alpha value is -2.62. The fourth-order valence-electron chi connectivity index (χ4n) is 2.05. The van der Waals surface area contributed by atoms with Crippen LogP contribution in [0.1, 0.15) is 28.0 Å². The van der Waals surface area contributed by atoms with E-state index in [1.807, 2.05) is 13.0 Å². The number of nitrogens with one attached hydrogen (secondary N) is 3. The van der Waals surface area contributed by atoms with E-state index < -0.39 is 11.9 Å². The first-order valence-electron chi connectivity index (χ1n) is 8.27. The van der Waals surface area contributed by atoms with Crippen LogP contribution < -0.4 is 16.0 Å². The zero-order valence-electron chi connectivity index (χ0n) is 14.6. The van der Waals surface area contributed by atoms with Gasteiger partial charge in [0.1, 0.15) is 5.01 Å². The molecule has 1 aromatic heterocycles. The molecular weight excluding hydrogens is 379 g/mol. The molecule has 2 rings (SSSR count). The van der Waals surface area contributed by atoms with Gasteiger partial charge in [-0.1, -0.05) is 18.2 Å². The highest BCUT2D eigenvalue weighted by Gasteiger charge is 2.33. The predicted octanol–water partition coefficient (Wildman–Crippen LogP) is 2.65. The summed E-state index contributed by atoms with van der Waals surface area (Å²) < 4.78 is 37.7. The average molecular weight is 399 g/mol. The summed E-state index contributed by atoms with van der Waals surface area (Å²) in [7, 11) is 0. The van der Waals surface area contributed by atoms with Crippen molar-refractivity contribution in [3.8, 4) is 0 Å². The summed E-state index contributed by atoms with van der Waals surface area (Å²) in [6.45, 7) is 3.28. The largest absolute Gasteiger partial charge is 0.434 e. The van der Waals surface area contributed by atoms with E-state index in [-0.39, 0.29) is 17.5 Å². The number of guanidine groups is 1. The van der Waals surface area contributed by atoms with Gasteiger partial charge in [0.25, 0.3) is 5.91 Å². The summed E-state index contributed by atoms with van der Waals surface area (Å²) in [6.07, 6.45) is -4.45. The van der Waals surface area contributed by atoms with Crippen molar-refractivity contribution in [1.82, 2.24) is 20.9 Å². The van der Waals surface area contributed by atoms with E-state index in [2.05, 4.69) is 25.9 Å². The van der Waals surface area contributed by atoms with Gasteiger partial charge in [0, 0.05) is 30.6 Å². The Balaban J connectivity index is 1.81. The number of hydrogen-bond acceptors (Lipinski definition) is 4. The van der Waals surface area contributed by atoms with Crippen LogP contribution in [0.2, 0.25) is 0 Å². The van der Waals surface area contributed by atoms with Crippen LogP contribution in [0.25, 0.3) is 0 Å². The summed E-state index contributed by atoms with van der Waals surface area (Å²) in [6, 6.07) is 8.84. The molecule has 0 atom stereocenters. The number of nitrogens with zero attached hydrogens (tertiary/aromatic N) is 2. The van der Waals surface area contributed by atoms with Crippen LogP contribution in [-0.2, 0) is 12.7 Å². The van der Waals surface area contributed by atoms with Crippen molar-refractivity contribution in [3.05, 3.63) is 52.0 Å². The summed E-state index contributed by atoms with van der Waals surface area (Å²) in [5, 5.41) is 10.0. The highest BCUT2D eigenvalue weighted by atomic mass is 32.1. The van der Waals surface area contributed by atoms with Gasteiger partial charge in [-0.2, -0.15) is 13.2 Å². The lowest BCUT2D eigenvalue weighted by Gasteiger charge is -2.11. The maximum absolute atomic E-state index is 12.6. The van der Waals surface area contributed by atoms with Gasteiger partial charge in [0.05, 0.1) is 6.54 Å². The Labute approximate surface area is 158 Å². The Morgan fingerprint density at radius 3 is 2.48 bits per heavy atom. The third kappa shape index (κ3) is 6.89.